The molecule has 2 N–H and O–H groups in total. The largest absolute Gasteiger partial charge is 0.323 e. The average molecular weight is 297 g/mol. The number of benzene rings is 1. The van der Waals surface area contributed by atoms with Crippen molar-refractivity contribution in [3.05, 3.63) is 29.8 Å². The van der Waals surface area contributed by atoms with Gasteiger partial charge in [0.25, 0.3) is 0 Å². The molecule has 112 valence electrons. The summed E-state index contributed by atoms with van der Waals surface area (Å²) >= 11 is 0. The second-order valence-corrected chi connectivity index (χ2v) is 4.52. The number of nitrogens with one attached hydrogen (secondary N) is 2. The van der Waals surface area contributed by atoms with Gasteiger partial charge in [0.2, 0.25) is 11.8 Å². The Kier molecular flexibility index (Phi) is 4.15. The summed E-state index contributed by atoms with van der Waals surface area (Å²) in [5, 5.41) is 4.35. The molecular weight excluding hydrogens is 284 g/mol. The zero-order chi connectivity index (χ0) is 15.6. The SMILES string of the molecule is CCC1C(=O)NC(=O)CN1C(=O)Nc1ccc(F)cc1F. The molecular formula is C13H13F2N3O3. The molecule has 1 unspecified atom stereocenters. The van der Waals surface area contributed by atoms with Crippen LogP contribution in [0.4, 0.5) is 19.3 Å². The van der Waals surface area contributed by atoms with Crippen molar-refractivity contribution in [2.75, 3.05) is 11.9 Å². The van der Waals surface area contributed by atoms with Crippen molar-refractivity contribution in [1.82, 2.24) is 10.2 Å². The smallest absolute Gasteiger partial charge is 0.305 e. The first-order valence-corrected chi connectivity index (χ1v) is 6.28. The second-order valence-electron chi connectivity index (χ2n) is 4.52. The van der Waals surface area contributed by atoms with Gasteiger partial charge in [-0.15, -0.1) is 0 Å². The van der Waals surface area contributed by atoms with E-state index in [4.69, 9.17) is 0 Å². The summed E-state index contributed by atoms with van der Waals surface area (Å²) in [6.07, 6.45) is 0.304. The Balaban J connectivity index is 2.17. The Morgan fingerprint density at radius 2 is 2.14 bits per heavy atom. The van der Waals surface area contributed by atoms with Crippen LogP contribution in [0.2, 0.25) is 0 Å². The van der Waals surface area contributed by atoms with Crippen molar-refractivity contribution < 1.29 is 23.2 Å². The number of nitrogens with zero attached hydrogens (tertiary/aromatic N) is 1. The zero-order valence-electron chi connectivity index (χ0n) is 11.2. The maximum atomic E-state index is 13.5. The van der Waals surface area contributed by atoms with E-state index in [-0.39, 0.29) is 12.2 Å². The van der Waals surface area contributed by atoms with Gasteiger partial charge >= 0.3 is 6.03 Å². The van der Waals surface area contributed by atoms with Gasteiger partial charge in [-0.3, -0.25) is 14.9 Å². The summed E-state index contributed by atoms with van der Waals surface area (Å²) in [6.45, 7) is 1.37. The molecule has 0 bridgehead atoms. The van der Waals surface area contributed by atoms with Gasteiger partial charge in [-0.25, -0.2) is 13.6 Å². The van der Waals surface area contributed by atoms with Crippen LogP contribution in [0.15, 0.2) is 18.2 Å². The number of urea groups is 1. The topological polar surface area (TPSA) is 78.5 Å². The molecule has 21 heavy (non-hydrogen) atoms. The van der Waals surface area contributed by atoms with Gasteiger partial charge in [0.05, 0.1) is 5.69 Å². The third-order valence-corrected chi connectivity index (χ3v) is 3.08. The molecule has 2 rings (SSSR count). The molecule has 4 amide bonds. The molecule has 1 saturated heterocycles. The van der Waals surface area contributed by atoms with Gasteiger partial charge in [-0.2, -0.15) is 0 Å². The third-order valence-electron chi connectivity index (χ3n) is 3.08. The molecule has 1 aromatic rings. The number of carbonyl (C=O) groups excluding carboxylic acids is 3. The van der Waals surface area contributed by atoms with E-state index < -0.39 is 35.5 Å². The Labute approximate surface area is 119 Å². The highest BCUT2D eigenvalue weighted by atomic mass is 19.1. The first-order valence-electron chi connectivity index (χ1n) is 6.28. The molecule has 0 aliphatic carbocycles. The molecule has 1 heterocycles. The lowest BCUT2D eigenvalue weighted by Gasteiger charge is -2.33. The van der Waals surface area contributed by atoms with E-state index in [9.17, 15) is 23.2 Å². The van der Waals surface area contributed by atoms with Gasteiger partial charge in [0.15, 0.2) is 0 Å². The van der Waals surface area contributed by atoms with Crippen LogP contribution in [0.1, 0.15) is 13.3 Å². The molecule has 0 aromatic heterocycles. The molecule has 0 spiro atoms. The van der Waals surface area contributed by atoms with Gasteiger partial charge in [0, 0.05) is 6.07 Å². The number of hydrogen-bond donors (Lipinski definition) is 2. The van der Waals surface area contributed by atoms with Crippen LogP contribution in [0, 0.1) is 11.6 Å². The Morgan fingerprint density at radius 3 is 2.76 bits per heavy atom. The Bertz CT molecular complexity index is 606. The summed E-state index contributed by atoms with van der Waals surface area (Å²) < 4.78 is 26.3. The summed E-state index contributed by atoms with van der Waals surface area (Å²) in [7, 11) is 0. The summed E-state index contributed by atoms with van der Waals surface area (Å²) in [5.74, 6) is -2.91. The van der Waals surface area contributed by atoms with Crippen LogP contribution >= 0.6 is 0 Å². The predicted molar refractivity (Wildman–Crippen MR) is 69.3 cm³/mol. The fourth-order valence-corrected chi connectivity index (χ4v) is 2.06. The molecule has 1 fully saturated rings. The second kappa shape index (κ2) is 5.86. The minimum atomic E-state index is -0.941. The molecule has 1 atom stereocenters. The van der Waals surface area contributed by atoms with Crippen LogP contribution in [-0.2, 0) is 9.59 Å². The van der Waals surface area contributed by atoms with Crippen molar-refractivity contribution in [3.8, 4) is 0 Å². The molecule has 1 aromatic carbocycles. The number of amides is 4. The van der Waals surface area contributed by atoms with Crippen molar-refractivity contribution >= 4 is 23.5 Å². The average Bonchev–Trinajstić information content (AvgIpc) is 2.41. The zero-order valence-corrected chi connectivity index (χ0v) is 11.2. The lowest BCUT2D eigenvalue weighted by atomic mass is 10.1. The highest BCUT2D eigenvalue weighted by molar-refractivity contribution is 6.05. The van der Waals surface area contributed by atoms with Crippen LogP contribution in [-0.4, -0.2) is 35.3 Å². The van der Waals surface area contributed by atoms with E-state index in [2.05, 4.69) is 10.6 Å². The number of hydrogen-bond acceptors (Lipinski definition) is 3. The number of rotatable bonds is 2. The molecule has 0 saturated carbocycles. The van der Waals surface area contributed by atoms with Crippen LogP contribution in [0.5, 0.6) is 0 Å². The molecule has 1 aliphatic heterocycles. The third kappa shape index (κ3) is 3.15. The van der Waals surface area contributed by atoms with Crippen molar-refractivity contribution in [2.24, 2.45) is 0 Å². The minimum absolute atomic E-state index is 0.227. The number of carbonyl (C=O) groups is 3. The van der Waals surface area contributed by atoms with Crippen LogP contribution < -0.4 is 10.6 Å². The van der Waals surface area contributed by atoms with Gasteiger partial charge in [0.1, 0.15) is 24.2 Å². The maximum absolute atomic E-state index is 13.5. The normalized spacial score (nSPS) is 18.4. The highest BCUT2D eigenvalue weighted by Crippen LogP contribution is 2.17. The van der Waals surface area contributed by atoms with E-state index in [0.29, 0.717) is 12.5 Å². The van der Waals surface area contributed by atoms with Gasteiger partial charge < -0.3 is 10.2 Å². The van der Waals surface area contributed by atoms with E-state index in [0.717, 1.165) is 17.0 Å². The number of imide groups is 1. The molecule has 6 nitrogen and oxygen atoms in total. The quantitative estimate of drug-likeness (QED) is 0.806. The first kappa shape index (κ1) is 14.9. The van der Waals surface area contributed by atoms with E-state index >= 15 is 0 Å². The predicted octanol–water partition coefficient (Wildman–Crippen LogP) is 1.23. The van der Waals surface area contributed by atoms with Gasteiger partial charge in [-0.05, 0) is 18.6 Å². The fourth-order valence-electron chi connectivity index (χ4n) is 2.06. The van der Waals surface area contributed by atoms with Crippen molar-refractivity contribution in [3.63, 3.8) is 0 Å². The van der Waals surface area contributed by atoms with Gasteiger partial charge in [-0.1, -0.05) is 6.92 Å². The van der Waals surface area contributed by atoms with E-state index in [1.807, 2.05) is 0 Å². The summed E-state index contributed by atoms with van der Waals surface area (Å²) in [6, 6.07) is 1.07. The fraction of sp³-hybridized carbons (Fsp3) is 0.308. The standard InChI is InChI=1S/C13H13F2N3O3/c1-2-10-12(20)17-11(19)6-18(10)13(21)16-9-4-3-7(14)5-8(9)15/h3-5,10H,2,6H2,1H3,(H,16,21)(H,17,19,20). The number of piperazine rings is 1. The van der Waals surface area contributed by atoms with Crippen molar-refractivity contribution in [1.29, 1.82) is 0 Å². The number of halogens is 2. The van der Waals surface area contributed by atoms with E-state index in [1.54, 1.807) is 6.92 Å². The monoisotopic (exact) mass is 297 g/mol. The Morgan fingerprint density at radius 1 is 1.43 bits per heavy atom. The first-order chi connectivity index (χ1) is 9.92. The minimum Gasteiger partial charge on any atom is -0.305 e. The van der Waals surface area contributed by atoms with E-state index in [1.165, 1.54) is 0 Å². The Hall–Kier alpha value is -2.51. The van der Waals surface area contributed by atoms with Crippen LogP contribution in [0.25, 0.3) is 0 Å². The maximum Gasteiger partial charge on any atom is 0.323 e. The lowest BCUT2D eigenvalue weighted by Crippen LogP contribution is -2.60. The summed E-state index contributed by atoms with van der Waals surface area (Å²) in [5.41, 5.74) is -0.227. The molecule has 1 aliphatic rings. The molecule has 0 radical (unpaired) electrons. The lowest BCUT2D eigenvalue weighted by molar-refractivity contribution is -0.138. The highest BCUT2D eigenvalue weighted by Gasteiger charge is 2.35. The summed E-state index contributed by atoms with van der Waals surface area (Å²) in [4.78, 5) is 36.1. The molecule has 8 heteroatoms. The van der Waals surface area contributed by atoms with Crippen molar-refractivity contribution in [2.45, 2.75) is 19.4 Å². The number of anilines is 1. The van der Waals surface area contributed by atoms with Crippen LogP contribution in [0.3, 0.4) is 0 Å².